The Labute approximate surface area is 156 Å². The van der Waals surface area contributed by atoms with Crippen LogP contribution >= 0.6 is 11.3 Å². The summed E-state index contributed by atoms with van der Waals surface area (Å²) in [6, 6.07) is 3.48. The molecule has 0 fully saturated rings. The Morgan fingerprint density at radius 3 is 2.56 bits per heavy atom. The molecule has 0 N–H and O–H groups in total. The second kappa shape index (κ2) is 6.80. The van der Waals surface area contributed by atoms with E-state index in [9.17, 15) is 22.8 Å². The molecule has 3 heterocycles. The number of carbonyl (C=O) groups excluding carboxylic acids is 1. The van der Waals surface area contributed by atoms with E-state index in [4.69, 9.17) is 0 Å². The number of pyridine rings is 1. The third-order valence-electron chi connectivity index (χ3n) is 4.17. The van der Waals surface area contributed by atoms with Crippen LogP contribution in [-0.4, -0.2) is 19.9 Å². The van der Waals surface area contributed by atoms with Gasteiger partial charge in [-0.2, -0.15) is 13.2 Å². The van der Waals surface area contributed by atoms with Crippen LogP contribution in [0.1, 0.15) is 33.0 Å². The largest absolute Gasteiger partial charge is 0.421 e. The van der Waals surface area contributed by atoms with Crippen molar-refractivity contribution in [3.63, 3.8) is 0 Å². The van der Waals surface area contributed by atoms with E-state index < -0.39 is 29.6 Å². The molecular formula is C18H16F3N3O2S. The predicted molar refractivity (Wildman–Crippen MR) is 95.7 cm³/mol. The first-order chi connectivity index (χ1) is 12.6. The van der Waals surface area contributed by atoms with Crippen molar-refractivity contribution in [2.45, 2.75) is 33.5 Å². The molecule has 0 spiro atoms. The maximum atomic E-state index is 12.9. The van der Waals surface area contributed by atoms with Gasteiger partial charge in [0.2, 0.25) is 0 Å². The highest BCUT2D eigenvalue weighted by Gasteiger charge is 2.34. The van der Waals surface area contributed by atoms with E-state index in [1.807, 2.05) is 23.8 Å². The number of rotatable bonds is 4. The summed E-state index contributed by atoms with van der Waals surface area (Å²) in [5, 5.41) is 2.59. The first-order valence-corrected chi connectivity index (χ1v) is 8.89. The van der Waals surface area contributed by atoms with Crippen LogP contribution < -0.4 is 5.56 Å². The van der Waals surface area contributed by atoms with Crippen LogP contribution in [0.15, 0.2) is 34.6 Å². The van der Waals surface area contributed by atoms with Gasteiger partial charge in [-0.25, -0.2) is 4.98 Å². The first kappa shape index (κ1) is 19.1. The van der Waals surface area contributed by atoms with Crippen molar-refractivity contribution in [3.8, 4) is 5.13 Å². The van der Waals surface area contributed by atoms with Crippen LogP contribution in [-0.2, 0) is 12.7 Å². The molecule has 5 nitrogen and oxygen atoms in total. The molecule has 0 bridgehead atoms. The number of carbonyl (C=O) groups is 1. The molecule has 142 valence electrons. The number of hydrogen-bond acceptors (Lipinski definition) is 4. The van der Waals surface area contributed by atoms with Crippen LogP contribution in [0.3, 0.4) is 0 Å². The first-order valence-electron chi connectivity index (χ1n) is 8.01. The lowest BCUT2D eigenvalue weighted by Crippen LogP contribution is -2.30. The van der Waals surface area contributed by atoms with Gasteiger partial charge in [0, 0.05) is 28.5 Å². The lowest BCUT2D eigenvalue weighted by Gasteiger charge is -2.10. The Bertz CT molecular complexity index is 1080. The fourth-order valence-corrected chi connectivity index (χ4v) is 3.81. The minimum absolute atomic E-state index is 0.352. The van der Waals surface area contributed by atoms with Crippen molar-refractivity contribution < 1.29 is 18.0 Å². The number of hydrogen-bond donors (Lipinski definition) is 0. The fourth-order valence-electron chi connectivity index (χ4n) is 2.90. The number of aryl methyl sites for hydroxylation is 2. The summed E-state index contributed by atoms with van der Waals surface area (Å²) in [4.78, 5) is 29.1. The zero-order valence-electron chi connectivity index (χ0n) is 14.8. The molecular weight excluding hydrogens is 379 g/mol. The molecule has 3 aromatic rings. The third kappa shape index (κ3) is 3.59. The molecule has 0 amide bonds. The van der Waals surface area contributed by atoms with Crippen molar-refractivity contribution in [2.24, 2.45) is 0 Å². The summed E-state index contributed by atoms with van der Waals surface area (Å²) < 4.78 is 41.3. The highest BCUT2D eigenvalue weighted by atomic mass is 32.1. The summed E-state index contributed by atoms with van der Waals surface area (Å²) in [6.07, 6.45) is -3.58. The van der Waals surface area contributed by atoms with E-state index >= 15 is 0 Å². The third-order valence-corrected chi connectivity index (χ3v) is 5.11. The molecule has 0 radical (unpaired) electrons. The standard InChI is InChI=1S/C18H16F3N3O2S/c1-10-9-27-17(22-10)24-11(2)7-13(12(24)3)15(25)8-23-6-4-5-14(16(23)26)18(19,20)21/h4-7,9H,8H2,1-3H3. The molecule has 0 aliphatic rings. The average Bonchev–Trinajstić information content (AvgIpc) is 3.11. The Kier molecular flexibility index (Phi) is 4.81. The summed E-state index contributed by atoms with van der Waals surface area (Å²) in [7, 11) is 0. The molecule has 9 heteroatoms. The van der Waals surface area contributed by atoms with Crippen molar-refractivity contribution in [2.75, 3.05) is 0 Å². The van der Waals surface area contributed by atoms with Gasteiger partial charge in [-0.05, 0) is 39.0 Å². The maximum Gasteiger partial charge on any atom is 0.421 e. The van der Waals surface area contributed by atoms with E-state index in [2.05, 4.69) is 4.98 Å². The monoisotopic (exact) mass is 395 g/mol. The van der Waals surface area contributed by atoms with E-state index in [-0.39, 0.29) is 0 Å². The summed E-state index contributed by atoms with van der Waals surface area (Å²) >= 11 is 1.43. The van der Waals surface area contributed by atoms with Gasteiger partial charge in [0.1, 0.15) is 5.56 Å². The lowest BCUT2D eigenvalue weighted by molar-refractivity contribution is -0.138. The van der Waals surface area contributed by atoms with Crippen molar-refractivity contribution in [1.29, 1.82) is 0 Å². The van der Waals surface area contributed by atoms with Gasteiger partial charge >= 0.3 is 6.18 Å². The van der Waals surface area contributed by atoms with Crippen molar-refractivity contribution >= 4 is 17.1 Å². The number of alkyl halides is 3. The number of thiazole rings is 1. The molecule has 27 heavy (non-hydrogen) atoms. The number of aromatic nitrogens is 3. The summed E-state index contributed by atoms with van der Waals surface area (Å²) in [5.74, 6) is -0.441. The zero-order chi connectivity index (χ0) is 19.9. The van der Waals surface area contributed by atoms with Gasteiger partial charge in [0.15, 0.2) is 10.9 Å². The zero-order valence-corrected chi connectivity index (χ0v) is 15.6. The Morgan fingerprint density at radius 2 is 1.96 bits per heavy atom. The highest BCUT2D eigenvalue weighted by Crippen LogP contribution is 2.26. The fraction of sp³-hybridized carbons (Fsp3) is 0.278. The van der Waals surface area contributed by atoms with E-state index in [0.717, 1.165) is 22.0 Å². The molecule has 3 rings (SSSR count). The molecule has 0 aliphatic heterocycles. The predicted octanol–water partition coefficient (Wildman–Crippen LogP) is 3.92. The Balaban J connectivity index is 1.96. The molecule has 0 saturated heterocycles. The van der Waals surface area contributed by atoms with E-state index in [1.54, 1.807) is 13.0 Å². The topological polar surface area (TPSA) is 56.9 Å². The number of Topliss-reactive ketones (excluding diaryl/α,β-unsaturated/α-hetero) is 1. The quantitative estimate of drug-likeness (QED) is 0.629. The Morgan fingerprint density at radius 1 is 1.26 bits per heavy atom. The molecule has 0 aliphatic carbocycles. The van der Waals surface area contributed by atoms with Crippen LogP contribution in [0, 0.1) is 20.8 Å². The number of halogens is 3. The summed E-state index contributed by atoms with van der Waals surface area (Å²) in [6.45, 7) is 4.95. The second-order valence-electron chi connectivity index (χ2n) is 6.17. The van der Waals surface area contributed by atoms with Crippen LogP contribution in [0.2, 0.25) is 0 Å². The van der Waals surface area contributed by atoms with Gasteiger partial charge in [-0.1, -0.05) is 0 Å². The molecule has 0 unspecified atom stereocenters. The van der Waals surface area contributed by atoms with Gasteiger partial charge in [0.05, 0.1) is 12.2 Å². The van der Waals surface area contributed by atoms with E-state index in [0.29, 0.717) is 22.5 Å². The SMILES string of the molecule is Cc1csc(-n2c(C)cc(C(=O)Cn3cccc(C(F)(F)F)c3=O)c2C)n1. The minimum Gasteiger partial charge on any atom is -0.307 e. The van der Waals surface area contributed by atoms with Gasteiger partial charge in [-0.15, -0.1) is 11.3 Å². The van der Waals surface area contributed by atoms with E-state index in [1.165, 1.54) is 17.5 Å². The van der Waals surface area contributed by atoms with Gasteiger partial charge in [0.25, 0.3) is 5.56 Å². The van der Waals surface area contributed by atoms with Crippen molar-refractivity contribution in [3.05, 3.63) is 68.3 Å². The van der Waals surface area contributed by atoms with Crippen LogP contribution in [0.5, 0.6) is 0 Å². The van der Waals surface area contributed by atoms with Gasteiger partial charge in [-0.3, -0.25) is 14.2 Å². The van der Waals surface area contributed by atoms with Crippen molar-refractivity contribution in [1.82, 2.24) is 14.1 Å². The lowest BCUT2D eigenvalue weighted by atomic mass is 10.1. The molecule has 0 aromatic carbocycles. The highest BCUT2D eigenvalue weighted by molar-refractivity contribution is 7.12. The molecule has 0 atom stereocenters. The Hall–Kier alpha value is -2.68. The normalized spacial score (nSPS) is 11.8. The minimum atomic E-state index is -4.76. The smallest absolute Gasteiger partial charge is 0.307 e. The maximum absolute atomic E-state index is 12.9. The average molecular weight is 395 g/mol. The number of nitrogens with zero attached hydrogens (tertiary/aromatic N) is 3. The summed E-state index contributed by atoms with van der Waals surface area (Å²) in [5.41, 5.74) is 0.0910. The van der Waals surface area contributed by atoms with Crippen LogP contribution in [0.4, 0.5) is 13.2 Å². The second-order valence-corrected chi connectivity index (χ2v) is 7.00. The van der Waals surface area contributed by atoms with Crippen LogP contribution in [0.25, 0.3) is 5.13 Å². The molecule has 3 aromatic heterocycles. The number of ketones is 1. The van der Waals surface area contributed by atoms with Gasteiger partial charge < -0.3 is 4.57 Å². The molecule has 0 saturated carbocycles.